The highest BCUT2D eigenvalue weighted by molar-refractivity contribution is 6.06. The van der Waals surface area contributed by atoms with Crippen LogP contribution in [0.4, 0.5) is 11.4 Å². The Morgan fingerprint density at radius 2 is 1.67 bits per heavy atom. The molecule has 3 rings (SSSR count). The average Bonchev–Trinajstić information content (AvgIpc) is 2.60. The molecule has 0 atom stereocenters. The number of nitrogens with zero attached hydrogens (tertiary/aromatic N) is 1. The van der Waals surface area contributed by atoms with Crippen molar-refractivity contribution in [3.8, 4) is 11.5 Å². The predicted molar refractivity (Wildman–Crippen MR) is 90.9 cm³/mol. The molecule has 0 unspecified atom stereocenters. The van der Waals surface area contributed by atoms with Crippen molar-refractivity contribution in [3.63, 3.8) is 0 Å². The maximum atomic E-state index is 12.6. The topological polar surface area (TPSA) is 67.9 Å². The first-order valence-corrected chi connectivity index (χ1v) is 7.60. The minimum absolute atomic E-state index is 0.150. The Bertz CT molecular complexity index is 771. The van der Waals surface area contributed by atoms with Crippen LogP contribution in [0.1, 0.15) is 17.3 Å². The minimum Gasteiger partial charge on any atom is -0.486 e. The molecule has 124 valence electrons. The molecule has 0 saturated carbocycles. The van der Waals surface area contributed by atoms with Crippen molar-refractivity contribution < 1.29 is 19.1 Å². The minimum atomic E-state index is -0.152. The van der Waals surface area contributed by atoms with Crippen LogP contribution in [0.3, 0.4) is 0 Å². The van der Waals surface area contributed by atoms with Crippen molar-refractivity contribution in [3.05, 3.63) is 48.0 Å². The molecule has 1 aliphatic rings. The molecule has 6 nitrogen and oxygen atoms in total. The van der Waals surface area contributed by atoms with Gasteiger partial charge in [-0.1, -0.05) is 0 Å². The van der Waals surface area contributed by atoms with E-state index in [2.05, 4.69) is 5.32 Å². The standard InChI is InChI=1S/C18H18N2O4/c1-12(21)19-14-5-3-13(4-6-14)18(22)20(2)15-7-8-16-17(11-15)24-10-9-23-16/h3-8,11H,9-10H2,1-2H3,(H,19,21). The van der Waals surface area contributed by atoms with Gasteiger partial charge in [0.05, 0.1) is 0 Å². The molecule has 0 radical (unpaired) electrons. The predicted octanol–water partition coefficient (Wildman–Crippen LogP) is 2.69. The lowest BCUT2D eigenvalue weighted by Crippen LogP contribution is -2.26. The second kappa shape index (κ2) is 6.62. The van der Waals surface area contributed by atoms with Gasteiger partial charge >= 0.3 is 0 Å². The molecule has 0 saturated heterocycles. The zero-order valence-corrected chi connectivity index (χ0v) is 13.5. The summed E-state index contributed by atoms with van der Waals surface area (Å²) in [7, 11) is 1.70. The number of hydrogen-bond donors (Lipinski definition) is 1. The molecular formula is C18H18N2O4. The third kappa shape index (κ3) is 3.32. The molecule has 0 spiro atoms. The van der Waals surface area contributed by atoms with E-state index in [0.29, 0.717) is 36.0 Å². The maximum Gasteiger partial charge on any atom is 0.258 e. The highest BCUT2D eigenvalue weighted by atomic mass is 16.6. The second-order valence-corrected chi connectivity index (χ2v) is 5.45. The number of hydrogen-bond acceptors (Lipinski definition) is 4. The molecule has 1 heterocycles. The average molecular weight is 326 g/mol. The zero-order chi connectivity index (χ0) is 17.1. The van der Waals surface area contributed by atoms with Crippen LogP contribution in [0.2, 0.25) is 0 Å². The monoisotopic (exact) mass is 326 g/mol. The summed E-state index contributed by atoms with van der Waals surface area (Å²) in [6.07, 6.45) is 0. The van der Waals surface area contributed by atoms with E-state index in [4.69, 9.17) is 9.47 Å². The van der Waals surface area contributed by atoms with Gasteiger partial charge in [-0.2, -0.15) is 0 Å². The highest BCUT2D eigenvalue weighted by Crippen LogP contribution is 2.34. The number of rotatable bonds is 3. The van der Waals surface area contributed by atoms with Gasteiger partial charge in [-0.3, -0.25) is 9.59 Å². The number of carbonyl (C=O) groups is 2. The first-order valence-electron chi connectivity index (χ1n) is 7.60. The van der Waals surface area contributed by atoms with E-state index in [0.717, 1.165) is 5.69 Å². The van der Waals surface area contributed by atoms with Gasteiger partial charge in [0.15, 0.2) is 11.5 Å². The van der Waals surface area contributed by atoms with E-state index in [-0.39, 0.29) is 11.8 Å². The van der Waals surface area contributed by atoms with Crippen molar-refractivity contribution in [1.29, 1.82) is 0 Å². The third-order valence-electron chi connectivity index (χ3n) is 3.67. The van der Waals surface area contributed by atoms with Gasteiger partial charge in [-0.15, -0.1) is 0 Å². The molecule has 0 fully saturated rings. The molecule has 2 aromatic carbocycles. The Morgan fingerprint density at radius 1 is 1.00 bits per heavy atom. The number of benzene rings is 2. The fourth-order valence-corrected chi connectivity index (χ4v) is 2.45. The quantitative estimate of drug-likeness (QED) is 0.941. The van der Waals surface area contributed by atoms with Crippen LogP contribution in [0.15, 0.2) is 42.5 Å². The molecule has 2 amide bonds. The fraction of sp³-hybridized carbons (Fsp3) is 0.222. The summed E-state index contributed by atoms with van der Waals surface area (Å²) in [5.74, 6) is 1.02. The van der Waals surface area contributed by atoms with Crippen LogP contribution in [-0.2, 0) is 4.79 Å². The third-order valence-corrected chi connectivity index (χ3v) is 3.67. The Balaban J connectivity index is 1.78. The second-order valence-electron chi connectivity index (χ2n) is 5.45. The highest BCUT2D eigenvalue weighted by Gasteiger charge is 2.17. The zero-order valence-electron chi connectivity index (χ0n) is 13.5. The number of amides is 2. The summed E-state index contributed by atoms with van der Waals surface area (Å²) >= 11 is 0. The van der Waals surface area contributed by atoms with E-state index in [1.54, 1.807) is 48.3 Å². The molecular weight excluding hydrogens is 308 g/mol. The van der Waals surface area contributed by atoms with E-state index >= 15 is 0 Å². The van der Waals surface area contributed by atoms with Crippen molar-refractivity contribution in [2.45, 2.75) is 6.92 Å². The molecule has 0 aromatic heterocycles. The van der Waals surface area contributed by atoms with Crippen LogP contribution in [-0.4, -0.2) is 32.1 Å². The summed E-state index contributed by atoms with van der Waals surface area (Å²) in [5.41, 5.74) is 1.90. The lowest BCUT2D eigenvalue weighted by molar-refractivity contribution is -0.114. The van der Waals surface area contributed by atoms with Crippen LogP contribution in [0, 0.1) is 0 Å². The van der Waals surface area contributed by atoms with Crippen LogP contribution < -0.4 is 19.7 Å². The lowest BCUT2D eigenvalue weighted by atomic mass is 10.1. The number of nitrogens with one attached hydrogen (secondary N) is 1. The molecule has 1 N–H and O–H groups in total. The van der Waals surface area contributed by atoms with Crippen molar-refractivity contribution in [2.75, 3.05) is 30.5 Å². The molecule has 0 bridgehead atoms. The van der Waals surface area contributed by atoms with Crippen LogP contribution >= 0.6 is 0 Å². The summed E-state index contributed by atoms with van der Waals surface area (Å²) in [5, 5.41) is 2.67. The first-order chi connectivity index (χ1) is 11.5. The Labute approximate surface area is 140 Å². The van der Waals surface area contributed by atoms with Gasteiger partial charge in [-0.05, 0) is 36.4 Å². The van der Waals surface area contributed by atoms with Gasteiger partial charge < -0.3 is 19.7 Å². The Hall–Kier alpha value is -3.02. The number of ether oxygens (including phenoxy) is 2. The van der Waals surface area contributed by atoms with Crippen molar-refractivity contribution in [1.82, 2.24) is 0 Å². The lowest BCUT2D eigenvalue weighted by Gasteiger charge is -2.22. The fourth-order valence-electron chi connectivity index (χ4n) is 2.45. The van der Waals surface area contributed by atoms with Crippen molar-refractivity contribution in [2.24, 2.45) is 0 Å². The molecule has 1 aliphatic heterocycles. The van der Waals surface area contributed by atoms with E-state index in [1.165, 1.54) is 6.92 Å². The number of carbonyl (C=O) groups excluding carboxylic acids is 2. The van der Waals surface area contributed by atoms with E-state index < -0.39 is 0 Å². The van der Waals surface area contributed by atoms with Gasteiger partial charge in [0, 0.05) is 37.0 Å². The Morgan fingerprint density at radius 3 is 2.33 bits per heavy atom. The normalized spacial score (nSPS) is 12.4. The van der Waals surface area contributed by atoms with Gasteiger partial charge in [0.25, 0.3) is 5.91 Å². The molecule has 2 aromatic rings. The molecule has 24 heavy (non-hydrogen) atoms. The first kappa shape index (κ1) is 15.9. The summed E-state index contributed by atoms with van der Waals surface area (Å²) in [6, 6.07) is 12.2. The summed E-state index contributed by atoms with van der Waals surface area (Å²) in [4.78, 5) is 25.2. The van der Waals surface area contributed by atoms with Gasteiger partial charge in [0.1, 0.15) is 13.2 Å². The SMILES string of the molecule is CC(=O)Nc1ccc(C(=O)N(C)c2ccc3c(c2)OCCO3)cc1. The molecule has 0 aliphatic carbocycles. The van der Waals surface area contributed by atoms with Crippen molar-refractivity contribution >= 4 is 23.2 Å². The number of anilines is 2. The van der Waals surface area contributed by atoms with E-state index in [1.807, 2.05) is 6.07 Å². The maximum absolute atomic E-state index is 12.6. The summed E-state index contributed by atoms with van der Waals surface area (Å²) in [6.45, 7) is 2.47. The van der Waals surface area contributed by atoms with Gasteiger partial charge in [-0.25, -0.2) is 0 Å². The van der Waals surface area contributed by atoms with Crippen LogP contribution in [0.25, 0.3) is 0 Å². The summed E-state index contributed by atoms with van der Waals surface area (Å²) < 4.78 is 11.0. The smallest absolute Gasteiger partial charge is 0.258 e. The van der Waals surface area contributed by atoms with Gasteiger partial charge in [0.2, 0.25) is 5.91 Å². The van der Waals surface area contributed by atoms with E-state index in [9.17, 15) is 9.59 Å². The molecule has 6 heteroatoms. The largest absolute Gasteiger partial charge is 0.486 e. The Kier molecular flexibility index (Phi) is 4.37. The number of fused-ring (bicyclic) bond motifs is 1. The van der Waals surface area contributed by atoms with Crippen LogP contribution in [0.5, 0.6) is 11.5 Å².